The molecule has 0 radical (unpaired) electrons. The van der Waals surface area contributed by atoms with Crippen LogP contribution in [0.2, 0.25) is 0 Å². The number of hydrogen-bond acceptors (Lipinski definition) is 7. The lowest BCUT2D eigenvalue weighted by Gasteiger charge is -2.39. The van der Waals surface area contributed by atoms with Crippen molar-refractivity contribution in [1.29, 1.82) is 0 Å². The van der Waals surface area contributed by atoms with Crippen LogP contribution in [-0.2, 0) is 21.9 Å². The van der Waals surface area contributed by atoms with Crippen molar-refractivity contribution in [1.82, 2.24) is 20.2 Å². The Labute approximate surface area is 180 Å². The number of anilines is 2. The third kappa shape index (κ3) is 3.95. The van der Waals surface area contributed by atoms with Gasteiger partial charge in [-0.1, -0.05) is 0 Å². The predicted octanol–water partition coefficient (Wildman–Crippen LogP) is 1.14. The Morgan fingerprint density at radius 3 is 2.71 bits per heavy atom. The van der Waals surface area contributed by atoms with E-state index in [-0.39, 0.29) is 43.2 Å². The van der Waals surface area contributed by atoms with Crippen molar-refractivity contribution in [2.75, 3.05) is 62.2 Å². The first kappa shape index (κ1) is 20.8. The average Bonchev–Trinajstić information content (AvgIpc) is 3.36. The molecule has 3 aliphatic heterocycles. The van der Waals surface area contributed by atoms with Gasteiger partial charge >= 0.3 is 0 Å². The molecule has 0 saturated carbocycles. The minimum Gasteiger partial charge on any atom is -0.366 e. The van der Waals surface area contributed by atoms with Gasteiger partial charge in [-0.25, -0.2) is 4.98 Å². The number of carbonyl (C=O) groups is 1. The standard InChI is InChI=1S/C21H30F2N6O2/c1-14-3-9-29(14)20-25-18-16(2-5-21(18,22)23)19(26-20)28-8-4-15(12-28)31-13-17(30)27-10-6-24-7-11-27/h14-15,24H,2-13H2,1H3/t14-,15-/m0/s1. The Hall–Kier alpha value is -2.07. The number of aromatic nitrogens is 2. The third-order valence-corrected chi connectivity index (χ3v) is 6.94. The fraction of sp³-hybridized carbons (Fsp3) is 0.762. The monoisotopic (exact) mass is 436 g/mol. The summed E-state index contributed by atoms with van der Waals surface area (Å²) >= 11 is 0. The number of halogens is 2. The van der Waals surface area contributed by atoms with Crippen molar-refractivity contribution in [2.45, 2.75) is 50.7 Å². The van der Waals surface area contributed by atoms with Gasteiger partial charge in [0.2, 0.25) is 11.9 Å². The topological polar surface area (TPSA) is 73.8 Å². The first-order chi connectivity index (χ1) is 14.9. The zero-order valence-corrected chi connectivity index (χ0v) is 17.9. The van der Waals surface area contributed by atoms with Gasteiger partial charge in [-0.3, -0.25) is 4.79 Å². The van der Waals surface area contributed by atoms with E-state index in [0.717, 1.165) is 32.5 Å². The van der Waals surface area contributed by atoms with Gasteiger partial charge in [-0.15, -0.1) is 0 Å². The summed E-state index contributed by atoms with van der Waals surface area (Å²) in [5.41, 5.74) is 0.462. The van der Waals surface area contributed by atoms with Crippen molar-refractivity contribution in [2.24, 2.45) is 0 Å². The molecule has 2 atom stereocenters. The lowest BCUT2D eigenvalue weighted by atomic mass is 10.1. The van der Waals surface area contributed by atoms with Crippen LogP contribution in [0.5, 0.6) is 0 Å². The van der Waals surface area contributed by atoms with Gasteiger partial charge in [-0.05, 0) is 26.2 Å². The minimum atomic E-state index is -2.90. The summed E-state index contributed by atoms with van der Waals surface area (Å²) in [4.78, 5) is 27.3. The predicted molar refractivity (Wildman–Crippen MR) is 112 cm³/mol. The van der Waals surface area contributed by atoms with Crippen LogP contribution in [0.4, 0.5) is 20.5 Å². The summed E-state index contributed by atoms with van der Waals surface area (Å²) in [6.07, 6.45) is 1.74. The zero-order valence-electron chi connectivity index (χ0n) is 17.9. The molecule has 1 N–H and O–H groups in total. The Kier molecular flexibility index (Phi) is 5.45. The maximum Gasteiger partial charge on any atom is 0.290 e. The number of amides is 1. The first-order valence-corrected chi connectivity index (χ1v) is 11.3. The minimum absolute atomic E-state index is 0.0107. The molecular weight excluding hydrogens is 406 g/mol. The van der Waals surface area contributed by atoms with Crippen LogP contribution in [-0.4, -0.2) is 85.3 Å². The lowest BCUT2D eigenvalue weighted by Crippen LogP contribution is -2.48. The van der Waals surface area contributed by atoms with Gasteiger partial charge in [0, 0.05) is 63.8 Å². The number of carbonyl (C=O) groups excluding carboxylic acids is 1. The van der Waals surface area contributed by atoms with Crippen LogP contribution in [0.15, 0.2) is 0 Å². The quantitative estimate of drug-likeness (QED) is 0.742. The highest BCUT2D eigenvalue weighted by Crippen LogP contribution is 2.45. The highest BCUT2D eigenvalue weighted by molar-refractivity contribution is 5.77. The van der Waals surface area contributed by atoms with Crippen LogP contribution in [0.3, 0.4) is 0 Å². The summed E-state index contributed by atoms with van der Waals surface area (Å²) < 4.78 is 35.0. The van der Waals surface area contributed by atoms with Gasteiger partial charge in [0.1, 0.15) is 18.1 Å². The molecule has 1 aromatic heterocycles. The molecule has 3 fully saturated rings. The maximum absolute atomic E-state index is 14.5. The van der Waals surface area contributed by atoms with E-state index in [4.69, 9.17) is 9.72 Å². The van der Waals surface area contributed by atoms with E-state index in [1.54, 1.807) is 0 Å². The molecule has 8 nitrogen and oxygen atoms in total. The molecule has 10 heteroatoms. The molecule has 5 rings (SSSR count). The number of fused-ring (bicyclic) bond motifs is 1. The lowest BCUT2D eigenvalue weighted by molar-refractivity contribution is -0.138. The second-order valence-electron chi connectivity index (χ2n) is 9.01. The largest absolute Gasteiger partial charge is 0.366 e. The second-order valence-corrected chi connectivity index (χ2v) is 9.01. The van der Waals surface area contributed by atoms with E-state index >= 15 is 0 Å². The van der Waals surface area contributed by atoms with Crippen LogP contribution in [0, 0.1) is 0 Å². The van der Waals surface area contributed by atoms with E-state index in [1.807, 2.05) is 14.7 Å². The molecule has 1 aromatic rings. The molecule has 4 aliphatic rings. The SMILES string of the molecule is C[C@H]1CCN1c1nc(N2CC[C@H](OCC(=O)N3CCNCC3)C2)c2c(n1)C(F)(F)CC2. The third-order valence-electron chi connectivity index (χ3n) is 6.94. The Bertz CT molecular complexity index is 847. The molecule has 0 spiro atoms. The van der Waals surface area contributed by atoms with E-state index in [1.165, 1.54) is 0 Å². The number of ether oxygens (including phenoxy) is 1. The van der Waals surface area contributed by atoms with Crippen LogP contribution in [0.25, 0.3) is 0 Å². The number of nitrogens with one attached hydrogen (secondary N) is 1. The van der Waals surface area contributed by atoms with Crippen LogP contribution >= 0.6 is 0 Å². The van der Waals surface area contributed by atoms with Gasteiger partial charge in [0.25, 0.3) is 5.92 Å². The highest BCUT2D eigenvalue weighted by Gasteiger charge is 2.45. The van der Waals surface area contributed by atoms with Crippen molar-refractivity contribution < 1.29 is 18.3 Å². The first-order valence-electron chi connectivity index (χ1n) is 11.3. The fourth-order valence-electron chi connectivity index (χ4n) is 4.85. The molecule has 3 saturated heterocycles. The van der Waals surface area contributed by atoms with Crippen LogP contribution < -0.4 is 15.1 Å². The molecule has 170 valence electrons. The number of piperazine rings is 1. The molecular formula is C21H30F2N6O2. The molecule has 0 bridgehead atoms. The average molecular weight is 437 g/mol. The molecule has 1 amide bonds. The number of hydrogen-bond donors (Lipinski definition) is 1. The molecule has 0 aromatic carbocycles. The van der Waals surface area contributed by atoms with Crippen LogP contribution in [0.1, 0.15) is 37.4 Å². The number of nitrogens with zero attached hydrogens (tertiary/aromatic N) is 5. The summed E-state index contributed by atoms with van der Waals surface area (Å²) in [7, 11) is 0. The van der Waals surface area contributed by atoms with Gasteiger partial charge < -0.3 is 24.8 Å². The summed E-state index contributed by atoms with van der Waals surface area (Å²) in [6, 6.07) is 0.270. The van der Waals surface area contributed by atoms with Crippen molar-refractivity contribution in [3.63, 3.8) is 0 Å². The number of rotatable bonds is 5. The molecule has 1 aliphatic carbocycles. The van der Waals surface area contributed by atoms with Gasteiger partial charge in [-0.2, -0.15) is 13.8 Å². The summed E-state index contributed by atoms with van der Waals surface area (Å²) in [5, 5.41) is 3.23. The fourth-order valence-corrected chi connectivity index (χ4v) is 4.85. The van der Waals surface area contributed by atoms with Gasteiger partial charge in [0.15, 0.2) is 0 Å². The van der Waals surface area contributed by atoms with Crippen molar-refractivity contribution >= 4 is 17.7 Å². The smallest absolute Gasteiger partial charge is 0.290 e. The highest BCUT2D eigenvalue weighted by atomic mass is 19.3. The van der Waals surface area contributed by atoms with Gasteiger partial charge in [0.05, 0.1) is 6.10 Å². The second kappa shape index (κ2) is 8.12. The molecule has 31 heavy (non-hydrogen) atoms. The molecule has 0 unspecified atom stereocenters. The normalized spacial score (nSPS) is 27.4. The Balaban J connectivity index is 1.28. The number of alkyl halides is 2. The molecule has 4 heterocycles. The van der Waals surface area contributed by atoms with Crippen molar-refractivity contribution in [3.8, 4) is 0 Å². The summed E-state index contributed by atoms with van der Waals surface area (Å²) in [5.74, 6) is -1.86. The van der Waals surface area contributed by atoms with E-state index in [2.05, 4.69) is 17.2 Å². The van der Waals surface area contributed by atoms with Crippen molar-refractivity contribution in [3.05, 3.63) is 11.3 Å². The zero-order chi connectivity index (χ0) is 21.6. The van der Waals surface area contributed by atoms with E-state index < -0.39 is 5.92 Å². The Morgan fingerprint density at radius 2 is 2.00 bits per heavy atom. The summed E-state index contributed by atoms with van der Waals surface area (Å²) in [6.45, 7) is 7.19. The Morgan fingerprint density at radius 1 is 1.19 bits per heavy atom. The van der Waals surface area contributed by atoms with E-state index in [0.29, 0.717) is 43.5 Å². The maximum atomic E-state index is 14.5. The van der Waals surface area contributed by atoms with E-state index in [9.17, 15) is 13.6 Å².